The lowest BCUT2D eigenvalue weighted by atomic mass is 10.1. The molecule has 0 radical (unpaired) electrons. The van der Waals surface area contributed by atoms with E-state index in [1.807, 2.05) is 30.3 Å². The number of aromatic nitrogens is 1. The summed E-state index contributed by atoms with van der Waals surface area (Å²) in [6, 6.07) is 17.6. The van der Waals surface area contributed by atoms with Crippen molar-refractivity contribution in [2.75, 3.05) is 36.4 Å². The summed E-state index contributed by atoms with van der Waals surface area (Å²) in [5, 5.41) is 3.70. The van der Waals surface area contributed by atoms with Crippen LogP contribution in [0.15, 0.2) is 66.9 Å². The van der Waals surface area contributed by atoms with Crippen LogP contribution in [0.2, 0.25) is 10.0 Å². The second kappa shape index (κ2) is 9.37. The van der Waals surface area contributed by atoms with Crippen LogP contribution >= 0.6 is 23.2 Å². The number of hydrogen-bond donors (Lipinski definition) is 1. The highest BCUT2D eigenvalue weighted by atomic mass is 35.5. The number of rotatable bonds is 4. The average molecular weight is 455 g/mol. The molecule has 1 saturated heterocycles. The summed E-state index contributed by atoms with van der Waals surface area (Å²) in [7, 11) is 0. The second-order valence-corrected chi connectivity index (χ2v) is 7.97. The van der Waals surface area contributed by atoms with Gasteiger partial charge in [0.2, 0.25) is 0 Å². The molecule has 0 saturated carbocycles. The molecule has 0 aliphatic carbocycles. The normalized spacial score (nSPS) is 13.7. The highest BCUT2D eigenvalue weighted by Gasteiger charge is 2.24. The average Bonchev–Trinajstić information content (AvgIpc) is 2.80. The van der Waals surface area contributed by atoms with Crippen LogP contribution in [-0.2, 0) is 0 Å². The van der Waals surface area contributed by atoms with Gasteiger partial charge in [0.05, 0.1) is 22.5 Å². The molecule has 158 valence electrons. The first-order valence-electron chi connectivity index (χ1n) is 9.83. The van der Waals surface area contributed by atoms with Gasteiger partial charge in [-0.2, -0.15) is 0 Å². The minimum Gasteiger partial charge on any atom is -0.353 e. The zero-order valence-corrected chi connectivity index (χ0v) is 18.1. The SMILES string of the molecule is O=C(Nc1ccc(N2CCN(C(=O)c3ccc(Cl)cc3Cl)CC2)nc1)c1ccccc1. The minimum atomic E-state index is -0.178. The van der Waals surface area contributed by atoms with Crippen LogP contribution in [0, 0.1) is 0 Å². The Labute approximate surface area is 190 Å². The van der Waals surface area contributed by atoms with Crippen molar-refractivity contribution in [1.82, 2.24) is 9.88 Å². The minimum absolute atomic E-state index is 0.103. The van der Waals surface area contributed by atoms with E-state index in [-0.39, 0.29) is 11.8 Å². The summed E-state index contributed by atoms with van der Waals surface area (Å²) in [6.07, 6.45) is 1.64. The topological polar surface area (TPSA) is 65.5 Å². The van der Waals surface area contributed by atoms with Crippen molar-refractivity contribution in [2.45, 2.75) is 0 Å². The summed E-state index contributed by atoms with van der Waals surface area (Å²) in [5.41, 5.74) is 1.67. The molecule has 1 N–H and O–H groups in total. The quantitative estimate of drug-likeness (QED) is 0.625. The van der Waals surface area contributed by atoms with Crippen LogP contribution in [0.25, 0.3) is 0 Å². The number of hydrogen-bond acceptors (Lipinski definition) is 4. The highest BCUT2D eigenvalue weighted by Crippen LogP contribution is 2.23. The van der Waals surface area contributed by atoms with E-state index in [2.05, 4.69) is 15.2 Å². The molecule has 1 fully saturated rings. The molecule has 2 heterocycles. The first kappa shape index (κ1) is 21.2. The predicted octanol–water partition coefficient (Wildman–Crippen LogP) is 4.60. The number of carbonyl (C=O) groups excluding carboxylic acids is 2. The van der Waals surface area contributed by atoms with Crippen molar-refractivity contribution >= 4 is 46.5 Å². The van der Waals surface area contributed by atoms with Crippen molar-refractivity contribution in [3.05, 3.63) is 88.0 Å². The van der Waals surface area contributed by atoms with Gasteiger partial charge in [-0.1, -0.05) is 41.4 Å². The van der Waals surface area contributed by atoms with E-state index in [4.69, 9.17) is 23.2 Å². The van der Waals surface area contributed by atoms with Gasteiger partial charge in [0.15, 0.2) is 0 Å². The molecule has 4 rings (SSSR count). The molecule has 0 bridgehead atoms. The number of carbonyl (C=O) groups is 2. The fourth-order valence-corrected chi connectivity index (χ4v) is 3.90. The Morgan fingerprint density at radius 3 is 2.29 bits per heavy atom. The number of nitrogens with one attached hydrogen (secondary N) is 1. The predicted molar refractivity (Wildman–Crippen MR) is 123 cm³/mol. The molecule has 31 heavy (non-hydrogen) atoms. The zero-order chi connectivity index (χ0) is 21.8. The maximum atomic E-state index is 12.8. The van der Waals surface area contributed by atoms with Crippen molar-refractivity contribution in [1.29, 1.82) is 0 Å². The Balaban J connectivity index is 1.34. The first-order chi connectivity index (χ1) is 15.0. The number of pyridine rings is 1. The summed E-state index contributed by atoms with van der Waals surface area (Å²) in [5.74, 6) is 0.519. The number of nitrogens with zero attached hydrogens (tertiary/aromatic N) is 3. The third-order valence-corrected chi connectivity index (χ3v) is 5.64. The molecule has 8 heteroatoms. The summed E-state index contributed by atoms with van der Waals surface area (Å²) >= 11 is 12.1. The molecule has 0 spiro atoms. The molecule has 1 aromatic heterocycles. The Morgan fingerprint density at radius 2 is 1.65 bits per heavy atom. The monoisotopic (exact) mass is 454 g/mol. The van der Waals surface area contributed by atoms with Crippen LogP contribution < -0.4 is 10.2 Å². The molecular weight excluding hydrogens is 435 g/mol. The van der Waals surface area contributed by atoms with Gasteiger partial charge in [-0.3, -0.25) is 9.59 Å². The van der Waals surface area contributed by atoms with Gasteiger partial charge in [-0.15, -0.1) is 0 Å². The molecule has 2 aromatic carbocycles. The third kappa shape index (κ3) is 4.98. The van der Waals surface area contributed by atoms with Crippen LogP contribution in [0.3, 0.4) is 0 Å². The lowest BCUT2D eigenvalue weighted by Gasteiger charge is -2.35. The molecular formula is C23H20Cl2N4O2. The molecule has 6 nitrogen and oxygen atoms in total. The molecule has 0 atom stereocenters. The van der Waals surface area contributed by atoms with E-state index in [0.717, 1.165) is 5.82 Å². The maximum absolute atomic E-state index is 12.8. The summed E-state index contributed by atoms with van der Waals surface area (Å²) in [4.78, 5) is 33.4. The molecule has 1 aliphatic heterocycles. The van der Waals surface area contributed by atoms with Gasteiger partial charge >= 0.3 is 0 Å². The van der Waals surface area contributed by atoms with E-state index in [9.17, 15) is 9.59 Å². The third-order valence-electron chi connectivity index (χ3n) is 5.09. The van der Waals surface area contributed by atoms with Crippen molar-refractivity contribution in [2.24, 2.45) is 0 Å². The summed E-state index contributed by atoms with van der Waals surface area (Å²) < 4.78 is 0. The number of amides is 2. The van der Waals surface area contributed by atoms with Crippen molar-refractivity contribution < 1.29 is 9.59 Å². The Kier molecular flexibility index (Phi) is 6.39. The number of anilines is 2. The van der Waals surface area contributed by atoms with Gasteiger partial charge < -0.3 is 15.1 Å². The van der Waals surface area contributed by atoms with E-state index in [1.165, 1.54) is 0 Å². The largest absolute Gasteiger partial charge is 0.353 e. The number of benzene rings is 2. The number of halogens is 2. The van der Waals surface area contributed by atoms with Crippen LogP contribution in [0.4, 0.5) is 11.5 Å². The van der Waals surface area contributed by atoms with E-state index in [0.29, 0.717) is 53.0 Å². The smallest absolute Gasteiger partial charge is 0.255 e. The van der Waals surface area contributed by atoms with Crippen LogP contribution in [-0.4, -0.2) is 47.9 Å². The zero-order valence-electron chi connectivity index (χ0n) is 16.6. The van der Waals surface area contributed by atoms with Gasteiger partial charge in [-0.25, -0.2) is 4.98 Å². The summed E-state index contributed by atoms with van der Waals surface area (Å²) in [6.45, 7) is 2.43. The van der Waals surface area contributed by atoms with E-state index < -0.39 is 0 Å². The maximum Gasteiger partial charge on any atom is 0.255 e. The second-order valence-electron chi connectivity index (χ2n) is 7.13. The Hall–Kier alpha value is -3.09. The molecule has 2 amide bonds. The Morgan fingerprint density at radius 1 is 0.903 bits per heavy atom. The fraction of sp³-hybridized carbons (Fsp3) is 0.174. The molecule has 3 aromatic rings. The highest BCUT2D eigenvalue weighted by molar-refractivity contribution is 6.36. The van der Waals surface area contributed by atoms with E-state index in [1.54, 1.807) is 41.4 Å². The van der Waals surface area contributed by atoms with Crippen molar-refractivity contribution in [3.8, 4) is 0 Å². The fourth-order valence-electron chi connectivity index (χ4n) is 3.41. The Bertz CT molecular complexity index is 1080. The van der Waals surface area contributed by atoms with Gasteiger partial charge in [0.25, 0.3) is 11.8 Å². The first-order valence-corrected chi connectivity index (χ1v) is 10.6. The van der Waals surface area contributed by atoms with Gasteiger partial charge in [0.1, 0.15) is 5.82 Å². The van der Waals surface area contributed by atoms with Crippen LogP contribution in [0.5, 0.6) is 0 Å². The standard InChI is InChI=1S/C23H20Cl2N4O2/c24-17-6-8-19(20(25)14-17)23(31)29-12-10-28(11-13-29)21-9-7-18(15-26-21)27-22(30)16-4-2-1-3-5-16/h1-9,14-15H,10-13H2,(H,27,30). The van der Waals surface area contributed by atoms with E-state index >= 15 is 0 Å². The molecule has 1 aliphatic rings. The van der Waals surface area contributed by atoms with Crippen LogP contribution in [0.1, 0.15) is 20.7 Å². The van der Waals surface area contributed by atoms with Crippen molar-refractivity contribution in [3.63, 3.8) is 0 Å². The lowest BCUT2D eigenvalue weighted by molar-refractivity contribution is 0.0746. The van der Waals surface area contributed by atoms with Gasteiger partial charge in [-0.05, 0) is 42.5 Å². The molecule has 0 unspecified atom stereocenters. The number of piperazine rings is 1. The lowest BCUT2D eigenvalue weighted by Crippen LogP contribution is -2.49. The van der Waals surface area contributed by atoms with Gasteiger partial charge in [0, 0.05) is 36.8 Å².